The van der Waals surface area contributed by atoms with Crippen molar-refractivity contribution in [3.8, 4) is 0 Å². The van der Waals surface area contributed by atoms with E-state index in [0.29, 0.717) is 42.8 Å². The summed E-state index contributed by atoms with van der Waals surface area (Å²) in [4.78, 5) is 0.309. The highest BCUT2D eigenvalue weighted by molar-refractivity contribution is 7.89. The number of nitrogens with one attached hydrogen (secondary N) is 2. The Balaban J connectivity index is 1.36. The molecule has 0 aliphatic carbocycles. The summed E-state index contributed by atoms with van der Waals surface area (Å²) in [5.41, 5.74) is 7.36. The van der Waals surface area contributed by atoms with Gasteiger partial charge in [0.1, 0.15) is 0 Å². The summed E-state index contributed by atoms with van der Waals surface area (Å²) in [7, 11) is -3.55. The summed E-state index contributed by atoms with van der Waals surface area (Å²) in [5, 5.41) is 0. The monoisotopic (exact) mass is 495 g/mol. The molecule has 34 heavy (non-hydrogen) atoms. The van der Waals surface area contributed by atoms with E-state index in [0.717, 1.165) is 11.6 Å². The predicted octanol–water partition coefficient (Wildman–Crippen LogP) is 5.01. The van der Waals surface area contributed by atoms with Gasteiger partial charge in [-0.3, -0.25) is 10.9 Å². The zero-order valence-corrected chi connectivity index (χ0v) is 20.5. The van der Waals surface area contributed by atoms with Crippen molar-refractivity contribution in [1.29, 1.82) is 0 Å². The zero-order valence-electron chi connectivity index (χ0n) is 19.7. The van der Waals surface area contributed by atoms with E-state index >= 15 is 0 Å². The van der Waals surface area contributed by atoms with Crippen LogP contribution in [0.4, 0.5) is 13.2 Å². The van der Waals surface area contributed by atoms with Gasteiger partial charge < -0.3 is 0 Å². The second-order valence-electron chi connectivity index (χ2n) is 10.3. The molecular formula is C25H32F3N3O2S. The van der Waals surface area contributed by atoms with E-state index in [1.54, 1.807) is 22.5 Å². The Morgan fingerprint density at radius 2 is 1.56 bits per heavy atom. The van der Waals surface area contributed by atoms with E-state index in [-0.39, 0.29) is 23.4 Å². The number of alkyl halides is 3. The summed E-state index contributed by atoms with van der Waals surface area (Å²) >= 11 is 0. The summed E-state index contributed by atoms with van der Waals surface area (Å²) in [6, 6.07) is 12.4. The first-order valence-electron chi connectivity index (χ1n) is 11.6. The van der Waals surface area contributed by atoms with E-state index < -0.39 is 21.8 Å². The Hall–Kier alpha value is -1.94. The summed E-state index contributed by atoms with van der Waals surface area (Å²) in [6.07, 6.45) is -2.30. The van der Waals surface area contributed by atoms with Gasteiger partial charge in [0, 0.05) is 25.2 Å². The largest absolute Gasteiger partial charge is 0.416 e. The molecule has 2 aromatic rings. The molecule has 2 unspecified atom stereocenters. The lowest BCUT2D eigenvalue weighted by Gasteiger charge is -2.34. The number of hydrogen-bond donors (Lipinski definition) is 2. The number of hydrazine groups is 1. The van der Waals surface area contributed by atoms with Crippen LogP contribution in [0.3, 0.4) is 0 Å². The van der Waals surface area contributed by atoms with E-state index in [1.165, 1.54) is 12.1 Å². The van der Waals surface area contributed by atoms with Gasteiger partial charge in [0.2, 0.25) is 10.0 Å². The maximum absolute atomic E-state index is 13.1. The van der Waals surface area contributed by atoms with Crippen molar-refractivity contribution in [3.05, 3.63) is 65.2 Å². The molecule has 2 fully saturated rings. The standard InChI is InChI=1S/C25H32F3N3O2S/c1-24(2,3)19-7-9-21(10-8-19)34(32,33)31-13-11-17(12-14-31)22-16-23(30-29-22)18-5-4-6-20(15-18)25(26,27)28/h4-10,15,17,22-23,29-30H,11-14,16H2,1-3H3. The van der Waals surface area contributed by atoms with Crippen molar-refractivity contribution in [2.75, 3.05) is 13.1 Å². The van der Waals surface area contributed by atoms with Crippen LogP contribution >= 0.6 is 0 Å². The van der Waals surface area contributed by atoms with Crippen LogP contribution in [0, 0.1) is 5.92 Å². The van der Waals surface area contributed by atoms with Gasteiger partial charge in [0.25, 0.3) is 0 Å². The second kappa shape index (κ2) is 9.26. The first-order valence-corrected chi connectivity index (χ1v) is 13.1. The minimum Gasteiger partial charge on any atom is -0.254 e. The second-order valence-corrected chi connectivity index (χ2v) is 12.3. The molecule has 0 bridgehead atoms. The van der Waals surface area contributed by atoms with E-state index in [9.17, 15) is 21.6 Å². The lowest BCUT2D eigenvalue weighted by molar-refractivity contribution is -0.137. The van der Waals surface area contributed by atoms with Crippen LogP contribution in [0.2, 0.25) is 0 Å². The van der Waals surface area contributed by atoms with Crippen LogP contribution in [-0.4, -0.2) is 31.9 Å². The topological polar surface area (TPSA) is 61.4 Å². The molecule has 2 heterocycles. The number of rotatable bonds is 4. The third-order valence-electron chi connectivity index (χ3n) is 6.97. The number of halogens is 3. The van der Waals surface area contributed by atoms with Crippen molar-refractivity contribution in [2.24, 2.45) is 5.92 Å². The van der Waals surface area contributed by atoms with Crippen molar-refractivity contribution in [1.82, 2.24) is 15.2 Å². The molecule has 0 aromatic heterocycles. The number of hydrogen-bond acceptors (Lipinski definition) is 4. The summed E-state index contributed by atoms with van der Waals surface area (Å²) < 4.78 is 67.0. The van der Waals surface area contributed by atoms with Gasteiger partial charge in [-0.25, -0.2) is 8.42 Å². The fourth-order valence-corrected chi connectivity index (χ4v) is 6.31. The average molecular weight is 496 g/mol. The lowest BCUT2D eigenvalue weighted by atomic mass is 9.87. The van der Waals surface area contributed by atoms with Crippen LogP contribution in [0.5, 0.6) is 0 Å². The minimum atomic E-state index is -4.37. The van der Waals surface area contributed by atoms with Gasteiger partial charge in [-0.1, -0.05) is 45.0 Å². The number of piperidine rings is 1. The maximum atomic E-state index is 13.1. The smallest absolute Gasteiger partial charge is 0.254 e. The molecule has 0 saturated carbocycles. The fraction of sp³-hybridized carbons (Fsp3) is 0.520. The Labute approximate surface area is 199 Å². The minimum absolute atomic E-state index is 0.0467. The Bertz CT molecular complexity index is 1100. The van der Waals surface area contributed by atoms with Crippen LogP contribution < -0.4 is 10.9 Å². The summed E-state index contributed by atoms with van der Waals surface area (Å²) in [6.45, 7) is 7.13. The molecule has 2 atom stereocenters. The molecule has 186 valence electrons. The maximum Gasteiger partial charge on any atom is 0.416 e. The third-order valence-corrected chi connectivity index (χ3v) is 8.89. The average Bonchev–Trinajstić information content (AvgIpc) is 3.29. The predicted molar refractivity (Wildman–Crippen MR) is 125 cm³/mol. The molecule has 2 aliphatic rings. The van der Waals surface area contributed by atoms with Gasteiger partial charge in [-0.05, 0) is 66.0 Å². The first-order chi connectivity index (χ1) is 15.9. The summed E-state index contributed by atoms with van der Waals surface area (Å²) in [5.74, 6) is 0.248. The van der Waals surface area contributed by atoms with Crippen molar-refractivity contribution >= 4 is 10.0 Å². The highest BCUT2D eigenvalue weighted by atomic mass is 32.2. The molecule has 0 amide bonds. The molecule has 2 saturated heterocycles. The third kappa shape index (κ3) is 5.32. The number of sulfonamides is 1. The molecule has 0 spiro atoms. The SMILES string of the molecule is CC(C)(C)c1ccc(S(=O)(=O)N2CCC(C3CC(c4cccc(C(F)(F)F)c4)NN3)CC2)cc1. The van der Waals surface area contributed by atoms with Crippen LogP contribution in [0.25, 0.3) is 0 Å². The Morgan fingerprint density at radius 1 is 0.912 bits per heavy atom. The molecule has 2 N–H and O–H groups in total. The number of benzene rings is 2. The van der Waals surface area contributed by atoms with E-state index in [4.69, 9.17) is 0 Å². The van der Waals surface area contributed by atoms with Crippen LogP contribution in [-0.2, 0) is 21.6 Å². The van der Waals surface area contributed by atoms with Gasteiger partial charge >= 0.3 is 6.18 Å². The highest BCUT2D eigenvalue weighted by Gasteiger charge is 2.37. The Kier molecular flexibility index (Phi) is 6.85. The highest BCUT2D eigenvalue weighted by Crippen LogP contribution is 2.35. The van der Waals surface area contributed by atoms with Crippen molar-refractivity contribution in [2.45, 2.75) is 68.6 Å². The van der Waals surface area contributed by atoms with Gasteiger partial charge in [-0.15, -0.1) is 0 Å². The lowest BCUT2D eigenvalue weighted by Crippen LogP contribution is -2.44. The first kappa shape index (κ1) is 25.2. The van der Waals surface area contributed by atoms with Gasteiger partial charge in [-0.2, -0.15) is 17.5 Å². The van der Waals surface area contributed by atoms with E-state index in [1.807, 2.05) is 12.1 Å². The molecule has 9 heteroatoms. The quantitative estimate of drug-likeness (QED) is 0.626. The molecule has 5 nitrogen and oxygen atoms in total. The molecule has 0 radical (unpaired) electrons. The van der Waals surface area contributed by atoms with Crippen molar-refractivity contribution in [3.63, 3.8) is 0 Å². The van der Waals surface area contributed by atoms with Gasteiger partial charge in [0.05, 0.1) is 10.5 Å². The van der Waals surface area contributed by atoms with Crippen LogP contribution in [0.15, 0.2) is 53.4 Å². The van der Waals surface area contributed by atoms with Gasteiger partial charge in [0.15, 0.2) is 0 Å². The normalized spacial score (nSPS) is 23.4. The van der Waals surface area contributed by atoms with Crippen molar-refractivity contribution < 1.29 is 21.6 Å². The molecular weight excluding hydrogens is 463 g/mol. The fourth-order valence-electron chi connectivity index (χ4n) is 4.84. The molecule has 4 rings (SSSR count). The Morgan fingerprint density at radius 3 is 2.15 bits per heavy atom. The molecule has 2 aliphatic heterocycles. The molecule has 2 aromatic carbocycles. The number of nitrogens with zero attached hydrogens (tertiary/aromatic N) is 1. The van der Waals surface area contributed by atoms with E-state index in [2.05, 4.69) is 31.6 Å². The van der Waals surface area contributed by atoms with Crippen LogP contribution in [0.1, 0.15) is 62.8 Å². The zero-order chi connectivity index (χ0) is 24.7.